The lowest BCUT2D eigenvalue weighted by molar-refractivity contribution is -0.274. The maximum atomic E-state index is 12.9. The van der Waals surface area contributed by atoms with Gasteiger partial charge in [-0.1, -0.05) is 0 Å². The molecule has 28 heavy (non-hydrogen) atoms. The van der Waals surface area contributed by atoms with E-state index in [-0.39, 0.29) is 22.9 Å². The summed E-state index contributed by atoms with van der Waals surface area (Å²) in [6.07, 6.45) is -4.90. The van der Waals surface area contributed by atoms with Crippen LogP contribution in [0.1, 0.15) is 0 Å². The van der Waals surface area contributed by atoms with Gasteiger partial charge in [-0.15, -0.1) is 13.2 Å². The van der Waals surface area contributed by atoms with Gasteiger partial charge in [-0.25, -0.2) is 21.2 Å². The Hall–Kier alpha value is -2.18. The summed E-state index contributed by atoms with van der Waals surface area (Å²) in [4.78, 5) is -0.413. The molecular weight excluding hydrogens is 426 g/mol. The van der Waals surface area contributed by atoms with Crippen LogP contribution < -0.4 is 4.74 Å². The average Bonchev–Trinajstić information content (AvgIpc) is 2.52. The van der Waals surface area contributed by atoms with Gasteiger partial charge in [-0.05, 0) is 48.5 Å². The van der Waals surface area contributed by atoms with Gasteiger partial charge in [0.15, 0.2) is 9.84 Å². The lowest BCUT2D eigenvalue weighted by Crippen LogP contribution is -2.56. The second-order valence-electron chi connectivity index (χ2n) is 5.96. The Balaban J connectivity index is 1.71. The van der Waals surface area contributed by atoms with Crippen molar-refractivity contribution in [3.63, 3.8) is 0 Å². The first-order valence-corrected chi connectivity index (χ1v) is 10.7. The van der Waals surface area contributed by atoms with Crippen LogP contribution in [0.5, 0.6) is 5.75 Å². The van der Waals surface area contributed by atoms with Crippen molar-refractivity contribution in [1.29, 1.82) is 0 Å². The Morgan fingerprint density at radius 2 is 1.36 bits per heavy atom. The molecule has 2 aromatic rings. The van der Waals surface area contributed by atoms with Gasteiger partial charge in [0, 0.05) is 13.1 Å². The summed E-state index contributed by atoms with van der Waals surface area (Å²) in [7, 11) is -7.91. The third-order valence-corrected chi connectivity index (χ3v) is 8.04. The van der Waals surface area contributed by atoms with Crippen LogP contribution in [-0.4, -0.2) is 45.8 Å². The van der Waals surface area contributed by atoms with E-state index >= 15 is 0 Å². The van der Waals surface area contributed by atoms with Crippen LogP contribution in [0, 0.1) is 5.82 Å². The van der Waals surface area contributed by atoms with Gasteiger partial charge in [0.2, 0.25) is 10.0 Å². The van der Waals surface area contributed by atoms with Crippen LogP contribution in [0.25, 0.3) is 0 Å². The largest absolute Gasteiger partial charge is 0.573 e. The van der Waals surface area contributed by atoms with E-state index in [1.165, 1.54) is 0 Å². The highest BCUT2D eigenvalue weighted by Gasteiger charge is 2.44. The molecule has 0 unspecified atom stereocenters. The van der Waals surface area contributed by atoms with Crippen LogP contribution in [0.15, 0.2) is 58.3 Å². The summed E-state index contributed by atoms with van der Waals surface area (Å²) in [5.41, 5.74) is 0. The molecule has 0 aromatic heterocycles. The summed E-state index contributed by atoms with van der Waals surface area (Å²) >= 11 is 0. The fraction of sp³-hybridized carbons (Fsp3) is 0.250. The van der Waals surface area contributed by atoms with Crippen molar-refractivity contribution in [3.05, 3.63) is 54.3 Å². The topological polar surface area (TPSA) is 80.8 Å². The molecule has 1 aliphatic heterocycles. The number of hydrogen-bond acceptors (Lipinski definition) is 5. The molecule has 0 N–H and O–H groups in total. The van der Waals surface area contributed by atoms with Crippen LogP contribution in [0.2, 0.25) is 0 Å². The van der Waals surface area contributed by atoms with Gasteiger partial charge in [0.25, 0.3) is 0 Å². The number of hydrogen-bond donors (Lipinski definition) is 0. The highest BCUT2D eigenvalue weighted by molar-refractivity contribution is 7.92. The molecule has 0 spiro atoms. The van der Waals surface area contributed by atoms with E-state index in [0.717, 1.165) is 52.8 Å². The van der Waals surface area contributed by atoms with Gasteiger partial charge in [0.05, 0.1) is 15.0 Å². The van der Waals surface area contributed by atoms with Crippen molar-refractivity contribution in [1.82, 2.24) is 4.31 Å². The molecule has 152 valence electrons. The minimum absolute atomic E-state index is 0.121. The quantitative estimate of drug-likeness (QED) is 0.529. The van der Waals surface area contributed by atoms with Gasteiger partial charge < -0.3 is 4.74 Å². The van der Waals surface area contributed by atoms with Crippen molar-refractivity contribution in [2.24, 2.45) is 0 Å². The summed E-state index contributed by atoms with van der Waals surface area (Å²) in [5.74, 6) is -1.18. The Kier molecular flexibility index (Phi) is 5.15. The molecule has 1 saturated heterocycles. The van der Waals surface area contributed by atoms with Gasteiger partial charge in [-0.2, -0.15) is 4.31 Å². The van der Waals surface area contributed by atoms with Gasteiger partial charge in [-0.3, -0.25) is 0 Å². The number of ether oxygens (including phenoxy) is 1. The molecule has 1 heterocycles. The van der Waals surface area contributed by atoms with E-state index < -0.39 is 43.0 Å². The summed E-state index contributed by atoms with van der Waals surface area (Å²) in [6, 6.07) is 7.77. The van der Waals surface area contributed by atoms with E-state index in [4.69, 9.17) is 0 Å². The van der Waals surface area contributed by atoms with E-state index in [0.29, 0.717) is 0 Å². The molecule has 0 aliphatic carbocycles. The number of nitrogens with zero attached hydrogens (tertiary/aromatic N) is 1. The first-order chi connectivity index (χ1) is 12.9. The minimum atomic E-state index is -4.90. The molecule has 1 aliphatic rings. The zero-order chi connectivity index (χ0) is 20.7. The number of sulfonamides is 1. The standard InChI is InChI=1S/C16H13F4NO5S2/c17-11-1-5-13(6-2-11)27(22,23)15-9-21(10-15)28(24,25)14-7-3-12(4-8-14)26-16(18,19)20/h1-8,15H,9-10H2. The van der Waals surface area contributed by atoms with Crippen LogP contribution in [0.4, 0.5) is 17.6 Å². The lowest BCUT2D eigenvalue weighted by Gasteiger charge is -2.37. The fourth-order valence-electron chi connectivity index (χ4n) is 2.57. The smallest absolute Gasteiger partial charge is 0.406 e. The van der Waals surface area contributed by atoms with E-state index in [1.54, 1.807) is 0 Å². The first kappa shape index (κ1) is 20.6. The summed E-state index contributed by atoms with van der Waals surface area (Å²) in [6.45, 7) is -0.633. The average molecular weight is 439 g/mol. The number of benzene rings is 2. The monoisotopic (exact) mass is 439 g/mol. The van der Waals surface area contributed by atoms with Crippen molar-refractivity contribution in [2.75, 3.05) is 13.1 Å². The molecule has 6 nitrogen and oxygen atoms in total. The predicted octanol–water partition coefficient (Wildman–Crippen LogP) is 2.57. The Labute approximate surface area is 158 Å². The lowest BCUT2D eigenvalue weighted by atomic mass is 10.3. The zero-order valence-corrected chi connectivity index (χ0v) is 15.6. The Morgan fingerprint density at radius 1 is 0.857 bits per heavy atom. The molecule has 2 aromatic carbocycles. The summed E-state index contributed by atoms with van der Waals surface area (Å²) < 4.78 is 104. The molecule has 3 rings (SSSR count). The predicted molar refractivity (Wildman–Crippen MR) is 89.3 cm³/mol. The maximum Gasteiger partial charge on any atom is 0.573 e. The third-order valence-electron chi connectivity index (χ3n) is 4.09. The molecule has 12 heteroatoms. The third kappa shape index (κ3) is 4.13. The second kappa shape index (κ2) is 7.01. The SMILES string of the molecule is O=S(=O)(c1ccc(F)cc1)C1CN(S(=O)(=O)c2ccc(OC(F)(F)F)cc2)C1. The van der Waals surface area contributed by atoms with E-state index in [1.807, 2.05) is 0 Å². The zero-order valence-electron chi connectivity index (χ0n) is 13.9. The van der Waals surface area contributed by atoms with Crippen LogP contribution >= 0.6 is 0 Å². The molecular formula is C16H13F4NO5S2. The van der Waals surface area contributed by atoms with Crippen LogP contribution in [-0.2, 0) is 19.9 Å². The van der Waals surface area contributed by atoms with Gasteiger partial charge in [0.1, 0.15) is 11.6 Å². The maximum absolute atomic E-state index is 12.9. The van der Waals surface area contributed by atoms with Crippen LogP contribution in [0.3, 0.4) is 0 Å². The number of halogens is 4. The van der Waals surface area contributed by atoms with Crippen molar-refractivity contribution in [3.8, 4) is 5.75 Å². The highest BCUT2D eigenvalue weighted by Crippen LogP contribution is 2.30. The molecule has 1 fully saturated rings. The normalized spacial score (nSPS) is 16.6. The molecule has 0 saturated carbocycles. The number of sulfone groups is 1. The Morgan fingerprint density at radius 3 is 1.86 bits per heavy atom. The summed E-state index contributed by atoms with van der Waals surface area (Å²) in [5, 5.41) is -0.999. The van der Waals surface area contributed by atoms with Crippen molar-refractivity contribution >= 4 is 19.9 Å². The first-order valence-electron chi connectivity index (χ1n) is 7.75. The van der Waals surface area contributed by atoms with E-state index in [9.17, 15) is 34.4 Å². The van der Waals surface area contributed by atoms with E-state index in [2.05, 4.69) is 4.74 Å². The molecule has 0 amide bonds. The molecule has 0 radical (unpaired) electrons. The number of rotatable bonds is 5. The van der Waals surface area contributed by atoms with Gasteiger partial charge >= 0.3 is 6.36 Å². The second-order valence-corrected chi connectivity index (χ2v) is 10.1. The minimum Gasteiger partial charge on any atom is -0.406 e. The molecule has 0 atom stereocenters. The Bertz CT molecular complexity index is 1060. The molecule has 0 bridgehead atoms. The van der Waals surface area contributed by atoms with Crippen molar-refractivity contribution < 1.29 is 39.1 Å². The fourth-order valence-corrected chi connectivity index (χ4v) is 5.94. The van der Waals surface area contributed by atoms with Crippen molar-refractivity contribution in [2.45, 2.75) is 21.4 Å². The number of alkyl halides is 3. The highest BCUT2D eigenvalue weighted by atomic mass is 32.2.